The molecule has 0 radical (unpaired) electrons. The maximum atomic E-state index is 13.5. The number of aliphatic hydroxyl groups excluding tert-OH is 1. The standard InChI is InChI=1S/C24H21NO5S/c1-30-19-12-8-9-17(15-19)16-25-21(18-10-4-2-5-11-18)23(22(26)24(25)27)31(28,29)20-13-6-3-7-14-20/h2-15,21,26H,16H2,1H3. The highest BCUT2D eigenvalue weighted by Gasteiger charge is 2.46. The molecule has 0 aliphatic carbocycles. The lowest BCUT2D eigenvalue weighted by Crippen LogP contribution is -2.30. The smallest absolute Gasteiger partial charge is 0.290 e. The first-order valence-electron chi connectivity index (χ1n) is 9.65. The highest BCUT2D eigenvalue weighted by Crippen LogP contribution is 2.43. The van der Waals surface area contributed by atoms with Crippen LogP contribution in [0.15, 0.2) is 100 Å². The quantitative estimate of drug-likeness (QED) is 0.632. The number of hydrogen-bond acceptors (Lipinski definition) is 5. The third-order valence-corrected chi connectivity index (χ3v) is 7.09. The van der Waals surface area contributed by atoms with Crippen LogP contribution in [-0.4, -0.2) is 31.4 Å². The van der Waals surface area contributed by atoms with Gasteiger partial charge in [-0.2, -0.15) is 0 Å². The summed E-state index contributed by atoms with van der Waals surface area (Å²) in [6.07, 6.45) is 0. The second kappa shape index (κ2) is 8.28. The van der Waals surface area contributed by atoms with Crippen LogP contribution in [0, 0.1) is 0 Å². The van der Waals surface area contributed by atoms with E-state index in [0.717, 1.165) is 5.56 Å². The van der Waals surface area contributed by atoms with Crippen molar-refractivity contribution < 1.29 is 23.1 Å². The lowest BCUT2D eigenvalue weighted by Gasteiger charge is -2.27. The SMILES string of the molecule is COc1cccc(CN2C(=O)C(O)=C(S(=O)(=O)c3ccccc3)C2c2ccccc2)c1. The van der Waals surface area contributed by atoms with E-state index in [1.807, 2.05) is 12.1 Å². The molecule has 3 aromatic rings. The summed E-state index contributed by atoms with van der Waals surface area (Å²) in [6.45, 7) is 0.105. The van der Waals surface area contributed by atoms with E-state index >= 15 is 0 Å². The average Bonchev–Trinajstić information content (AvgIpc) is 3.06. The number of rotatable bonds is 6. The molecule has 6 nitrogen and oxygen atoms in total. The summed E-state index contributed by atoms with van der Waals surface area (Å²) < 4.78 is 32.2. The zero-order valence-corrected chi connectivity index (χ0v) is 17.6. The van der Waals surface area contributed by atoms with Gasteiger partial charge < -0.3 is 14.7 Å². The van der Waals surface area contributed by atoms with Crippen molar-refractivity contribution in [1.29, 1.82) is 0 Å². The molecule has 7 heteroatoms. The van der Waals surface area contributed by atoms with E-state index in [1.165, 1.54) is 17.0 Å². The molecule has 4 rings (SSSR count). The van der Waals surface area contributed by atoms with Crippen LogP contribution in [0.1, 0.15) is 17.2 Å². The average molecular weight is 436 g/mol. The minimum absolute atomic E-state index is 0.0218. The van der Waals surface area contributed by atoms with Crippen molar-refractivity contribution in [3.05, 3.63) is 107 Å². The van der Waals surface area contributed by atoms with Gasteiger partial charge in [-0.25, -0.2) is 8.42 Å². The maximum absolute atomic E-state index is 13.5. The molecule has 1 unspecified atom stereocenters. The first kappa shape index (κ1) is 20.7. The van der Waals surface area contributed by atoms with E-state index in [-0.39, 0.29) is 16.3 Å². The van der Waals surface area contributed by atoms with Gasteiger partial charge in [0.2, 0.25) is 9.84 Å². The second-order valence-corrected chi connectivity index (χ2v) is 9.05. The van der Waals surface area contributed by atoms with Gasteiger partial charge in [0.05, 0.1) is 18.0 Å². The largest absolute Gasteiger partial charge is 0.502 e. The van der Waals surface area contributed by atoms with Gasteiger partial charge in [0, 0.05) is 6.54 Å². The van der Waals surface area contributed by atoms with Crippen molar-refractivity contribution in [1.82, 2.24) is 4.90 Å². The number of methoxy groups -OCH3 is 1. The molecule has 158 valence electrons. The van der Waals surface area contributed by atoms with E-state index in [1.54, 1.807) is 67.8 Å². The summed E-state index contributed by atoms with van der Waals surface area (Å²) >= 11 is 0. The molecule has 31 heavy (non-hydrogen) atoms. The van der Waals surface area contributed by atoms with Crippen LogP contribution in [0.2, 0.25) is 0 Å². The molecule has 3 aromatic carbocycles. The van der Waals surface area contributed by atoms with Crippen molar-refractivity contribution in [2.45, 2.75) is 17.5 Å². The molecule has 0 saturated carbocycles. The Morgan fingerprint density at radius 3 is 2.23 bits per heavy atom. The topological polar surface area (TPSA) is 83.9 Å². The van der Waals surface area contributed by atoms with Crippen LogP contribution in [0.4, 0.5) is 0 Å². The number of benzene rings is 3. The molecule has 0 saturated heterocycles. The van der Waals surface area contributed by atoms with Crippen molar-refractivity contribution in [2.75, 3.05) is 7.11 Å². The molecule has 1 aliphatic heterocycles. The number of carbonyl (C=O) groups excluding carboxylic acids is 1. The summed E-state index contributed by atoms with van der Waals surface area (Å²) in [5.41, 5.74) is 1.34. The van der Waals surface area contributed by atoms with Gasteiger partial charge in [0.25, 0.3) is 5.91 Å². The minimum Gasteiger partial charge on any atom is -0.502 e. The third kappa shape index (κ3) is 3.80. The van der Waals surface area contributed by atoms with E-state index < -0.39 is 27.5 Å². The van der Waals surface area contributed by atoms with Crippen LogP contribution >= 0.6 is 0 Å². The Morgan fingerprint density at radius 1 is 0.935 bits per heavy atom. The molecular weight excluding hydrogens is 414 g/mol. The van der Waals surface area contributed by atoms with Crippen LogP contribution in [0.5, 0.6) is 5.75 Å². The molecule has 1 N–H and O–H groups in total. The van der Waals surface area contributed by atoms with Gasteiger partial charge in [0.15, 0.2) is 5.76 Å². The summed E-state index contributed by atoms with van der Waals surface area (Å²) in [6, 6.07) is 22.9. The van der Waals surface area contributed by atoms with Gasteiger partial charge in [-0.15, -0.1) is 0 Å². The first-order valence-corrected chi connectivity index (χ1v) is 11.1. The molecule has 1 atom stereocenters. The van der Waals surface area contributed by atoms with E-state index in [0.29, 0.717) is 11.3 Å². The molecule has 1 heterocycles. The van der Waals surface area contributed by atoms with Gasteiger partial charge >= 0.3 is 0 Å². The number of hydrogen-bond donors (Lipinski definition) is 1. The van der Waals surface area contributed by atoms with E-state index in [4.69, 9.17) is 4.74 Å². The molecular formula is C24H21NO5S. The molecule has 0 aromatic heterocycles. The summed E-state index contributed by atoms with van der Waals surface area (Å²) in [5.74, 6) is -0.860. The van der Waals surface area contributed by atoms with Crippen molar-refractivity contribution in [3.63, 3.8) is 0 Å². The van der Waals surface area contributed by atoms with Crippen LogP contribution in [-0.2, 0) is 21.2 Å². The predicted molar refractivity (Wildman–Crippen MR) is 116 cm³/mol. The molecule has 0 bridgehead atoms. The molecule has 0 spiro atoms. The number of aliphatic hydroxyl groups is 1. The predicted octanol–water partition coefficient (Wildman–Crippen LogP) is 4.02. The number of amides is 1. The maximum Gasteiger partial charge on any atom is 0.290 e. The fourth-order valence-corrected chi connectivity index (χ4v) is 5.40. The number of carbonyl (C=O) groups is 1. The van der Waals surface area contributed by atoms with Crippen molar-refractivity contribution in [3.8, 4) is 5.75 Å². The minimum atomic E-state index is -4.11. The van der Waals surface area contributed by atoms with Crippen molar-refractivity contribution >= 4 is 15.7 Å². The Kier molecular flexibility index (Phi) is 5.52. The first-order chi connectivity index (χ1) is 14.9. The van der Waals surface area contributed by atoms with Gasteiger partial charge in [0.1, 0.15) is 10.7 Å². The van der Waals surface area contributed by atoms with E-state index in [2.05, 4.69) is 0 Å². The highest BCUT2D eigenvalue weighted by molar-refractivity contribution is 7.95. The van der Waals surface area contributed by atoms with Crippen molar-refractivity contribution in [2.24, 2.45) is 0 Å². The second-order valence-electron chi connectivity index (χ2n) is 7.13. The Labute approximate surface area is 180 Å². The number of ether oxygens (including phenoxy) is 1. The molecule has 1 aliphatic rings. The summed E-state index contributed by atoms with van der Waals surface area (Å²) in [4.78, 5) is 14.1. The Hall–Kier alpha value is -3.58. The number of nitrogens with zero attached hydrogens (tertiary/aromatic N) is 1. The van der Waals surface area contributed by atoms with Crippen LogP contribution in [0.25, 0.3) is 0 Å². The molecule has 1 amide bonds. The van der Waals surface area contributed by atoms with Gasteiger partial charge in [-0.05, 0) is 35.4 Å². The summed E-state index contributed by atoms with van der Waals surface area (Å²) in [5, 5.41) is 10.7. The zero-order valence-electron chi connectivity index (χ0n) is 16.8. The third-order valence-electron chi connectivity index (χ3n) is 5.20. The van der Waals surface area contributed by atoms with E-state index in [9.17, 15) is 18.3 Å². The lowest BCUT2D eigenvalue weighted by atomic mass is 10.1. The summed E-state index contributed by atoms with van der Waals surface area (Å²) in [7, 11) is -2.57. The van der Waals surface area contributed by atoms with Gasteiger partial charge in [-0.1, -0.05) is 60.7 Å². The normalized spacial score (nSPS) is 16.6. The Balaban J connectivity index is 1.83. The zero-order chi connectivity index (χ0) is 22.0. The Morgan fingerprint density at radius 2 is 1.58 bits per heavy atom. The van der Waals surface area contributed by atoms with Gasteiger partial charge in [-0.3, -0.25) is 4.79 Å². The number of sulfone groups is 1. The highest BCUT2D eigenvalue weighted by atomic mass is 32.2. The van der Waals surface area contributed by atoms with Crippen LogP contribution in [0.3, 0.4) is 0 Å². The lowest BCUT2D eigenvalue weighted by molar-refractivity contribution is -0.130. The Bertz CT molecular complexity index is 1240. The fraction of sp³-hybridized carbons (Fsp3) is 0.125. The monoisotopic (exact) mass is 435 g/mol. The van der Waals surface area contributed by atoms with Crippen LogP contribution < -0.4 is 4.74 Å². The molecule has 0 fully saturated rings. The fourth-order valence-electron chi connectivity index (χ4n) is 3.73.